The summed E-state index contributed by atoms with van der Waals surface area (Å²) in [6, 6.07) is 8.93. The van der Waals surface area contributed by atoms with Crippen LogP contribution >= 0.6 is 27.3 Å². The zero-order valence-electron chi connectivity index (χ0n) is 10.6. The van der Waals surface area contributed by atoms with Crippen molar-refractivity contribution in [1.82, 2.24) is 10.3 Å². The Bertz CT molecular complexity index is 510. The molecule has 2 heterocycles. The molecule has 0 spiro atoms. The molecule has 0 amide bonds. The highest BCUT2D eigenvalue weighted by molar-refractivity contribution is 9.11. The Hall–Kier alpha value is -0.710. The molecule has 0 aliphatic rings. The first kappa shape index (κ1) is 13.7. The van der Waals surface area contributed by atoms with E-state index in [1.807, 2.05) is 13.1 Å². The van der Waals surface area contributed by atoms with Gasteiger partial charge < -0.3 is 5.32 Å². The zero-order valence-corrected chi connectivity index (χ0v) is 13.0. The van der Waals surface area contributed by atoms with E-state index < -0.39 is 0 Å². The number of thiophene rings is 1. The summed E-state index contributed by atoms with van der Waals surface area (Å²) in [5, 5.41) is 3.55. The monoisotopic (exact) mass is 324 g/mol. The first-order valence-corrected chi connectivity index (χ1v) is 7.70. The molecule has 0 aromatic carbocycles. The van der Waals surface area contributed by atoms with Crippen LogP contribution in [0.3, 0.4) is 0 Å². The van der Waals surface area contributed by atoms with Gasteiger partial charge in [-0.2, -0.15) is 0 Å². The van der Waals surface area contributed by atoms with Gasteiger partial charge in [0.15, 0.2) is 0 Å². The van der Waals surface area contributed by atoms with E-state index in [1.54, 1.807) is 11.3 Å². The van der Waals surface area contributed by atoms with Crippen molar-refractivity contribution in [3.05, 3.63) is 50.4 Å². The molecule has 2 aromatic heterocycles. The number of aryl methyl sites for hydroxylation is 1. The molecule has 1 unspecified atom stereocenters. The van der Waals surface area contributed by atoms with Crippen molar-refractivity contribution in [2.45, 2.75) is 26.3 Å². The topological polar surface area (TPSA) is 24.9 Å². The lowest BCUT2D eigenvalue weighted by Gasteiger charge is -2.17. The van der Waals surface area contributed by atoms with Gasteiger partial charge in [0.05, 0.1) is 3.79 Å². The smallest absolute Gasteiger partial charge is 0.0701 e. The molecule has 0 radical (unpaired) electrons. The van der Waals surface area contributed by atoms with E-state index in [-0.39, 0.29) is 0 Å². The molecule has 1 atom stereocenters. The summed E-state index contributed by atoms with van der Waals surface area (Å²) >= 11 is 5.32. The maximum absolute atomic E-state index is 4.26. The molecule has 0 saturated carbocycles. The first-order chi connectivity index (χ1) is 8.69. The SMILES string of the molecule is CCNC(Cc1ccc(Br)s1)c1ccnc(C)c1. The maximum Gasteiger partial charge on any atom is 0.0701 e. The Morgan fingerprint density at radius 2 is 2.22 bits per heavy atom. The number of rotatable bonds is 5. The minimum atomic E-state index is 0.363. The molecule has 4 heteroatoms. The molecule has 96 valence electrons. The van der Waals surface area contributed by atoms with Gasteiger partial charge in [0.2, 0.25) is 0 Å². The van der Waals surface area contributed by atoms with Crippen LogP contribution in [0.1, 0.15) is 29.1 Å². The summed E-state index contributed by atoms with van der Waals surface area (Å²) in [5.74, 6) is 0. The normalized spacial score (nSPS) is 12.6. The van der Waals surface area contributed by atoms with E-state index in [4.69, 9.17) is 0 Å². The molecule has 2 rings (SSSR count). The third-order valence-corrected chi connectivity index (χ3v) is 4.45. The van der Waals surface area contributed by atoms with Crippen LogP contribution in [-0.2, 0) is 6.42 Å². The molecule has 1 N–H and O–H groups in total. The fourth-order valence-corrected chi connectivity index (χ4v) is 3.53. The van der Waals surface area contributed by atoms with Gasteiger partial charge in [-0.05, 0) is 59.2 Å². The van der Waals surface area contributed by atoms with Crippen molar-refractivity contribution in [1.29, 1.82) is 0 Å². The van der Waals surface area contributed by atoms with Crippen LogP contribution in [0.15, 0.2) is 34.2 Å². The fraction of sp³-hybridized carbons (Fsp3) is 0.357. The number of halogens is 1. The van der Waals surface area contributed by atoms with Gasteiger partial charge in [-0.3, -0.25) is 4.98 Å². The van der Waals surface area contributed by atoms with Crippen LogP contribution in [0.4, 0.5) is 0 Å². The average Bonchev–Trinajstić information content (AvgIpc) is 2.74. The molecule has 0 saturated heterocycles. The number of aromatic nitrogens is 1. The van der Waals surface area contributed by atoms with E-state index in [0.717, 1.165) is 18.7 Å². The Balaban J connectivity index is 2.17. The number of hydrogen-bond acceptors (Lipinski definition) is 3. The van der Waals surface area contributed by atoms with Crippen LogP contribution in [0.25, 0.3) is 0 Å². The summed E-state index contributed by atoms with van der Waals surface area (Å²) in [5.41, 5.74) is 2.39. The summed E-state index contributed by atoms with van der Waals surface area (Å²) < 4.78 is 1.19. The number of nitrogens with zero attached hydrogens (tertiary/aromatic N) is 1. The Morgan fingerprint density at radius 3 is 2.83 bits per heavy atom. The summed E-state index contributed by atoms with van der Waals surface area (Å²) in [7, 11) is 0. The lowest BCUT2D eigenvalue weighted by Crippen LogP contribution is -2.22. The predicted molar refractivity (Wildman–Crippen MR) is 81.1 cm³/mol. The molecular weight excluding hydrogens is 308 g/mol. The Morgan fingerprint density at radius 1 is 1.39 bits per heavy atom. The molecule has 0 bridgehead atoms. The van der Waals surface area contributed by atoms with Gasteiger partial charge >= 0.3 is 0 Å². The average molecular weight is 325 g/mol. The van der Waals surface area contributed by atoms with Crippen LogP contribution in [-0.4, -0.2) is 11.5 Å². The summed E-state index contributed by atoms with van der Waals surface area (Å²) in [6.45, 7) is 5.15. The molecule has 0 aliphatic carbocycles. The van der Waals surface area contributed by atoms with Crippen LogP contribution in [0.5, 0.6) is 0 Å². The fourth-order valence-electron chi connectivity index (χ4n) is 2.00. The molecule has 0 aliphatic heterocycles. The van der Waals surface area contributed by atoms with Crippen molar-refractivity contribution in [3.63, 3.8) is 0 Å². The lowest BCUT2D eigenvalue weighted by atomic mass is 10.0. The van der Waals surface area contributed by atoms with Gasteiger partial charge in [-0.25, -0.2) is 0 Å². The lowest BCUT2D eigenvalue weighted by molar-refractivity contribution is 0.552. The highest BCUT2D eigenvalue weighted by atomic mass is 79.9. The summed E-state index contributed by atoms with van der Waals surface area (Å²) in [4.78, 5) is 5.65. The number of pyridine rings is 1. The minimum Gasteiger partial charge on any atom is -0.310 e. The predicted octanol–water partition coefficient (Wildman–Crippen LogP) is 4.11. The van der Waals surface area contributed by atoms with Gasteiger partial charge in [0.1, 0.15) is 0 Å². The van der Waals surface area contributed by atoms with Crippen LogP contribution < -0.4 is 5.32 Å². The standard InChI is InChI=1S/C14H17BrN2S/c1-3-16-13(9-12-4-5-14(15)18-12)11-6-7-17-10(2)8-11/h4-8,13,16H,3,9H2,1-2H3. The van der Waals surface area contributed by atoms with Gasteiger partial charge in [0, 0.05) is 29.2 Å². The van der Waals surface area contributed by atoms with E-state index in [0.29, 0.717) is 6.04 Å². The third-order valence-electron chi connectivity index (χ3n) is 2.81. The maximum atomic E-state index is 4.26. The molecular formula is C14H17BrN2S. The molecule has 2 aromatic rings. The second-order valence-corrected chi connectivity index (χ2v) is 6.80. The molecule has 0 fully saturated rings. The number of hydrogen-bond donors (Lipinski definition) is 1. The van der Waals surface area contributed by atoms with E-state index >= 15 is 0 Å². The van der Waals surface area contributed by atoms with Crippen molar-refractivity contribution in [3.8, 4) is 0 Å². The van der Waals surface area contributed by atoms with Gasteiger partial charge in [-0.1, -0.05) is 6.92 Å². The second-order valence-electron chi connectivity index (χ2n) is 4.25. The first-order valence-electron chi connectivity index (χ1n) is 6.09. The van der Waals surface area contributed by atoms with Crippen LogP contribution in [0, 0.1) is 6.92 Å². The molecule has 2 nitrogen and oxygen atoms in total. The summed E-state index contributed by atoms with van der Waals surface area (Å²) in [6.07, 6.45) is 2.91. The van der Waals surface area contributed by atoms with E-state index in [9.17, 15) is 0 Å². The van der Waals surface area contributed by atoms with Gasteiger partial charge in [-0.15, -0.1) is 11.3 Å². The number of nitrogens with one attached hydrogen (secondary N) is 1. The van der Waals surface area contributed by atoms with Gasteiger partial charge in [0.25, 0.3) is 0 Å². The number of likely N-dealkylation sites (N-methyl/N-ethyl adjacent to an activating group) is 1. The zero-order chi connectivity index (χ0) is 13.0. The highest BCUT2D eigenvalue weighted by Gasteiger charge is 2.12. The Kier molecular flexibility index (Phi) is 4.92. The Labute approximate surface area is 121 Å². The van der Waals surface area contributed by atoms with Crippen molar-refractivity contribution < 1.29 is 0 Å². The quantitative estimate of drug-likeness (QED) is 0.895. The highest BCUT2D eigenvalue weighted by Crippen LogP contribution is 2.27. The van der Waals surface area contributed by atoms with Crippen LogP contribution in [0.2, 0.25) is 0 Å². The second kappa shape index (κ2) is 6.45. The van der Waals surface area contributed by atoms with E-state index in [2.05, 4.69) is 57.4 Å². The van der Waals surface area contributed by atoms with E-state index in [1.165, 1.54) is 14.2 Å². The van der Waals surface area contributed by atoms with Crippen molar-refractivity contribution >= 4 is 27.3 Å². The van der Waals surface area contributed by atoms with Crippen molar-refractivity contribution in [2.24, 2.45) is 0 Å². The molecule has 18 heavy (non-hydrogen) atoms. The third kappa shape index (κ3) is 3.64. The minimum absolute atomic E-state index is 0.363. The van der Waals surface area contributed by atoms with Crippen molar-refractivity contribution in [2.75, 3.05) is 6.54 Å². The largest absolute Gasteiger partial charge is 0.310 e.